The first-order valence-electron chi connectivity index (χ1n) is 10.0. The van der Waals surface area contributed by atoms with E-state index in [0.717, 1.165) is 4.31 Å². The van der Waals surface area contributed by atoms with Crippen molar-refractivity contribution in [1.29, 1.82) is 0 Å². The maximum Gasteiger partial charge on any atom is 0.306 e. The molecule has 3 unspecified atom stereocenters. The summed E-state index contributed by atoms with van der Waals surface area (Å²) < 4.78 is 28.6. The zero-order valence-corrected chi connectivity index (χ0v) is 19.7. The van der Waals surface area contributed by atoms with E-state index in [4.69, 9.17) is 23.2 Å². The molecular weight excluding hydrogens is 485 g/mol. The van der Waals surface area contributed by atoms with Gasteiger partial charge in [-0.1, -0.05) is 54.4 Å². The average molecular weight is 504 g/mol. The Hall–Kier alpha value is -2.87. The van der Waals surface area contributed by atoms with Gasteiger partial charge in [-0.3, -0.25) is 13.9 Å². The second-order valence-electron chi connectivity index (χ2n) is 7.79. The van der Waals surface area contributed by atoms with Gasteiger partial charge < -0.3 is 5.11 Å². The van der Waals surface area contributed by atoms with Crippen LogP contribution >= 0.6 is 23.2 Å². The fourth-order valence-corrected chi connectivity index (χ4v) is 6.15. The number of nitrogens with zero attached hydrogens (tertiary/aromatic N) is 1. The third-order valence-corrected chi connectivity index (χ3v) is 8.10. The quantitative estimate of drug-likeness (QED) is 0.463. The van der Waals surface area contributed by atoms with Gasteiger partial charge in [-0.2, -0.15) is 0 Å². The van der Waals surface area contributed by atoms with Crippen molar-refractivity contribution in [3.8, 4) is 0 Å². The van der Waals surface area contributed by atoms with Crippen molar-refractivity contribution >= 4 is 50.7 Å². The predicted octanol–water partition coefficient (Wildman–Crippen LogP) is 5.26. The first-order chi connectivity index (χ1) is 15.6. The first kappa shape index (κ1) is 23.3. The highest BCUT2D eigenvalue weighted by molar-refractivity contribution is 7.93. The van der Waals surface area contributed by atoms with E-state index in [9.17, 15) is 23.1 Å². The lowest BCUT2D eigenvalue weighted by Gasteiger charge is -2.30. The maximum absolute atomic E-state index is 13.8. The van der Waals surface area contributed by atoms with Crippen LogP contribution in [-0.2, 0) is 14.8 Å². The van der Waals surface area contributed by atoms with E-state index in [1.165, 1.54) is 49.4 Å². The summed E-state index contributed by atoms with van der Waals surface area (Å²) >= 11 is 12.2. The Morgan fingerprint density at radius 2 is 1.55 bits per heavy atom. The van der Waals surface area contributed by atoms with Gasteiger partial charge in [0.15, 0.2) is 5.78 Å². The molecule has 3 aromatic rings. The van der Waals surface area contributed by atoms with Crippen LogP contribution in [0.4, 0.5) is 5.69 Å². The van der Waals surface area contributed by atoms with Crippen molar-refractivity contribution in [3.05, 3.63) is 94.0 Å². The molecular formula is C24H19Cl2NO5S. The van der Waals surface area contributed by atoms with Crippen LogP contribution in [0.3, 0.4) is 0 Å². The van der Waals surface area contributed by atoms with Crippen LogP contribution in [0.1, 0.15) is 28.8 Å². The molecule has 1 heterocycles. The Kier molecular flexibility index (Phi) is 6.22. The normalized spacial score (nSPS) is 18.6. The van der Waals surface area contributed by atoms with Gasteiger partial charge in [-0.05, 0) is 54.1 Å². The minimum Gasteiger partial charge on any atom is -0.481 e. The van der Waals surface area contributed by atoms with E-state index >= 15 is 0 Å². The summed E-state index contributed by atoms with van der Waals surface area (Å²) in [6, 6.07) is 17.0. The van der Waals surface area contributed by atoms with Gasteiger partial charge in [-0.15, -0.1) is 0 Å². The van der Waals surface area contributed by atoms with Crippen molar-refractivity contribution in [1.82, 2.24) is 0 Å². The molecule has 170 valence electrons. The molecule has 1 aliphatic heterocycles. The molecule has 1 aliphatic rings. The number of carboxylic acids is 1. The molecule has 0 saturated carbocycles. The molecule has 6 nitrogen and oxygen atoms in total. The lowest BCUT2D eigenvalue weighted by Crippen LogP contribution is -2.46. The number of aliphatic carboxylic acids is 1. The highest BCUT2D eigenvalue weighted by Gasteiger charge is 2.51. The SMILES string of the molecule is CC(C(=O)O)C1c2ccc(Cl)cc2N(S(=O)(=O)c2ccccc2)C1C(=O)c1ccc(Cl)cc1. The number of Topliss-reactive ketones (excluding diaryl/α,β-unsaturated/α-hetero) is 1. The van der Waals surface area contributed by atoms with Crippen LogP contribution in [0, 0.1) is 5.92 Å². The van der Waals surface area contributed by atoms with Crippen LogP contribution in [0.2, 0.25) is 10.0 Å². The molecule has 4 rings (SSSR count). The lowest BCUT2D eigenvalue weighted by atomic mass is 9.81. The zero-order chi connectivity index (χ0) is 23.9. The number of carbonyl (C=O) groups is 2. The Morgan fingerprint density at radius 3 is 2.15 bits per heavy atom. The summed E-state index contributed by atoms with van der Waals surface area (Å²) in [4.78, 5) is 25.8. The number of hydrogen-bond acceptors (Lipinski definition) is 4. The molecule has 3 aromatic carbocycles. The number of hydrogen-bond donors (Lipinski definition) is 1. The molecule has 0 bridgehead atoms. The summed E-state index contributed by atoms with van der Waals surface area (Å²) in [5.74, 6) is -3.66. The standard InChI is InChI=1S/C24H19Cl2NO5S/c1-14(24(29)30)21-19-12-11-17(26)13-20(19)27(33(31,32)18-5-3-2-4-6-18)22(21)23(28)15-7-9-16(25)10-8-15/h2-14,21-22H,1H3,(H,29,30). The fraction of sp³-hybridized carbons (Fsp3) is 0.167. The van der Waals surface area contributed by atoms with Crippen molar-refractivity contribution < 1.29 is 23.1 Å². The van der Waals surface area contributed by atoms with Gasteiger partial charge in [0.2, 0.25) is 0 Å². The Balaban J connectivity index is 1.98. The molecule has 0 radical (unpaired) electrons. The summed E-state index contributed by atoms with van der Waals surface area (Å²) in [5, 5.41) is 10.5. The van der Waals surface area contributed by atoms with E-state index in [0.29, 0.717) is 10.6 Å². The smallest absolute Gasteiger partial charge is 0.306 e. The maximum atomic E-state index is 13.8. The number of sulfonamides is 1. The van der Waals surface area contributed by atoms with Gasteiger partial charge in [0.05, 0.1) is 16.5 Å². The predicted molar refractivity (Wildman–Crippen MR) is 127 cm³/mol. The van der Waals surface area contributed by atoms with Crippen LogP contribution < -0.4 is 4.31 Å². The molecule has 0 aliphatic carbocycles. The zero-order valence-electron chi connectivity index (χ0n) is 17.4. The summed E-state index contributed by atoms with van der Waals surface area (Å²) in [6.07, 6.45) is 0. The van der Waals surface area contributed by atoms with Gasteiger partial charge >= 0.3 is 5.97 Å². The third kappa shape index (κ3) is 4.12. The number of fused-ring (bicyclic) bond motifs is 1. The Bertz CT molecular complexity index is 1330. The minimum atomic E-state index is -4.24. The second kappa shape index (κ2) is 8.82. The van der Waals surface area contributed by atoms with Gasteiger partial charge in [-0.25, -0.2) is 8.42 Å². The van der Waals surface area contributed by atoms with E-state index in [1.54, 1.807) is 30.3 Å². The number of anilines is 1. The van der Waals surface area contributed by atoms with Crippen molar-refractivity contribution in [2.45, 2.75) is 23.8 Å². The van der Waals surface area contributed by atoms with Crippen molar-refractivity contribution in [2.24, 2.45) is 5.92 Å². The number of carbonyl (C=O) groups excluding carboxylic acids is 1. The number of halogens is 2. The lowest BCUT2D eigenvalue weighted by molar-refractivity contribution is -0.141. The van der Waals surface area contributed by atoms with Crippen LogP contribution in [0.25, 0.3) is 0 Å². The summed E-state index contributed by atoms with van der Waals surface area (Å²) in [6.45, 7) is 1.46. The molecule has 0 amide bonds. The fourth-order valence-electron chi connectivity index (χ4n) is 4.19. The van der Waals surface area contributed by atoms with Crippen LogP contribution in [-0.4, -0.2) is 31.3 Å². The van der Waals surface area contributed by atoms with E-state index < -0.39 is 39.7 Å². The number of ketones is 1. The molecule has 9 heteroatoms. The molecule has 1 N–H and O–H groups in total. The monoisotopic (exact) mass is 503 g/mol. The largest absolute Gasteiger partial charge is 0.481 e. The van der Waals surface area contributed by atoms with E-state index in [-0.39, 0.29) is 21.2 Å². The number of rotatable bonds is 6. The summed E-state index contributed by atoms with van der Waals surface area (Å²) in [5.41, 5.74) is 0.844. The molecule has 3 atom stereocenters. The first-order valence-corrected chi connectivity index (χ1v) is 12.2. The number of carboxylic acid groups (broad SMARTS) is 1. The molecule has 0 spiro atoms. The topological polar surface area (TPSA) is 91.8 Å². The van der Waals surface area contributed by atoms with E-state index in [1.807, 2.05) is 0 Å². The van der Waals surface area contributed by atoms with Gasteiger partial charge in [0.1, 0.15) is 6.04 Å². The number of benzene rings is 3. The van der Waals surface area contributed by atoms with Gasteiger partial charge in [0.25, 0.3) is 10.0 Å². The molecule has 33 heavy (non-hydrogen) atoms. The van der Waals surface area contributed by atoms with Crippen LogP contribution in [0.15, 0.2) is 77.7 Å². The minimum absolute atomic E-state index is 0.0199. The van der Waals surface area contributed by atoms with Crippen molar-refractivity contribution in [3.63, 3.8) is 0 Å². The Morgan fingerprint density at radius 1 is 0.939 bits per heavy atom. The van der Waals surface area contributed by atoms with Crippen molar-refractivity contribution in [2.75, 3.05) is 4.31 Å². The molecule has 0 aromatic heterocycles. The third-order valence-electron chi connectivity index (χ3n) is 5.81. The average Bonchev–Trinajstić information content (AvgIpc) is 3.13. The van der Waals surface area contributed by atoms with Crippen LogP contribution in [0.5, 0.6) is 0 Å². The highest BCUT2D eigenvalue weighted by Crippen LogP contribution is 2.49. The Labute approximate surface area is 201 Å². The summed E-state index contributed by atoms with van der Waals surface area (Å²) in [7, 11) is -4.24. The van der Waals surface area contributed by atoms with E-state index in [2.05, 4.69) is 0 Å². The second-order valence-corrected chi connectivity index (χ2v) is 10.5. The van der Waals surface area contributed by atoms with Gasteiger partial charge in [0, 0.05) is 21.5 Å². The highest BCUT2D eigenvalue weighted by atomic mass is 35.5. The molecule has 0 saturated heterocycles. The molecule has 0 fully saturated rings.